The molecule has 2 N–H and O–H groups in total. The summed E-state index contributed by atoms with van der Waals surface area (Å²) in [5.41, 5.74) is 1.45. The molecule has 27 heavy (non-hydrogen) atoms. The Bertz CT molecular complexity index is 834. The van der Waals surface area contributed by atoms with Crippen LogP contribution in [0.15, 0.2) is 29.3 Å². The number of hydrogen-bond acceptors (Lipinski definition) is 2. The first-order valence-corrected chi connectivity index (χ1v) is 8.96. The van der Waals surface area contributed by atoms with E-state index in [2.05, 4.69) is 20.7 Å². The van der Waals surface area contributed by atoms with Crippen molar-refractivity contribution in [2.24, 2.45) is 10.9 Å². The van der Waals surface area contributed by atoms with Crippen LogP contribution in [0.25, 0.3) is 5.69 Å². The van der Waals surface area contributed by atoms with Crippen molar-refractivity contribution in [2.45, 2.75) is 39.4 Å². The van der Waals surface area contributed by atoms with Crippen LogP contribution in [0, 0.1) is 19.8 Å². The first-order chi connectivity index (χ1) is 12.8. The van der Waals surface area contributed by atoms with Gasteiger partial charge in [-0.15, -0.1) is 0 Å². The Morgan fingerprint density at radius 1 is 1.22 bits per heavy atom. The SMILES string of the molecule is CN=C(NCc1ccc(-n2nc(C)cc2C)cc1C(F)(F)F)NCC1CC1. The molecule has 2 aromatic rings. The molecule has 0 radical (unpaired) electrons. The van der Waals surface area contributed by atoms with E-state index in [1.165, 1.54) is 23.6 Å². The van der Waals surface area contributed by atoms with E-state index in [0.717, 1.165) is 24.0 Å². The van der Waals surface area contributed by atoms with Crippen LogP contribution >= 0.6 is 0 Å². The van der Waals surface area contributed by atoms with E-state index < -0.39 is 11.7 Å². The molecule has 146 valence electrons. The normalized spacial score (nSPS) is 15.1. The predicted molar refractivity (Wildman–Crippen MR) is 99.0 cm³/mol. The van der Waals surface area contributed by atoms with E-state index in [1.54, 1.807) is 13.1 Å². The van der Waals surface area contributed by atoms with Crippen molar-refractivity contribution in [3.63, 3.8) is 0 Å². The molecule has 5 nitrogen and oxygen atoms in total. The Balaban J connectivity index is 1.80. The first-order valence-electron chi connectivity index (χ1n) is 8.96. The molecule has 1 aliphatic rings. The summed E-state index contributed by atoms with van der Waals surface area (Å²) in [7, 11) is 1.61. The zero-order chi connectivity index (χ0) is 19.6. The molecular formula is C19H24F3N5. The molecule has 1 aromatic carbocycles. The number of aliphatic imine (C=N–C) groups is 1. The van der Waals surface area contributed by atoms with Crippen LogP contribution in [0.1, 0.15) is 35.4 Å². The third kappa shape index (κ3) is 4.81. The van der Waals surface area contributed by atoms with Gasteiger partial charge in [0.25, 0.3) is 0 Å². The van der Waals surface area contributed by atoms with Gasteiger partial charge in [-0.2, -0.15) is 18.3 Å². The summed E-state index contributed by atoms with van der Waals surface area (Å²) >= 11 is 0. The molecule has 0 atom stereocenters. The number of benzene rings is 1. The van der Waals surface area contributed by atoms with Crippen molar-refractivity contribution in [1.29, 1.82) is 0 Å². The van der Waals surface area contributed by atoms with E-state index in [0.29, 0.717) is 17.6 Å². The lowest BCUT2D eigenvalue weighted by atomic mass is 10.1. The largest absolute Gasteiger partial charge is 0.416 e. The molecule has 1 aliphatic carbocycles. The van der Waals surface area contributed by atoms with Crippen molar-refractivity contribution < 1.29 is 13.2 Å². The van der Waals surface area contributed by atoms with Gasteiger partial charge in [-0.3, -0.25) is 4.99 Å². The number of alkyl halides is 3. The number of hydrogen-bond donors (Lipinski definition) is 2. The van der Waals surface area contributed by atoms with Crippen molar-refractivity contribution >= 4 is 5.96 Å². The average molecular weight is 379 g/mol. The highest BCUT2D eigenvalue weighted by Gasteiger charge is 2.34. The van der Waals surface area contributed by atoms with Crippen LogP contribution in [-0.2, 0) is 12.7 Å². The van der Waals surface area contributed by atoms with E-state index in [9.17, 15) is 13.2 Å². The molecule has 0 unspecified atom stereocenters. The fourth-order valence-corrected chi connectivity index (χ4v) is 2.97. The lowest BCUT2D eigenvalue weighted by Crippen LogP contribution is -2.38. The Hall–Kier alpha value is -2.51. The summed E-state index contributed by atoms with van der Waals surface area (Å²) in [5, 5.41) is 10.4. The zero-order valence-corrected chi connectivity index (χ0v) is 15.7. The molecule has 0 bridgehead atoms. The van der Waals surface area contributed by atoms with Crippen molar-refractivity contribution in [1.82, 2.24) is 20.4 Å². The monoisotopic (exact) mass is 379 g/mol. The predicted octanol–water partition coefficient (Wildman–Crippen LogP) is 3.58. The Kier molecular flexibility index (Phi) is 5.43. The number of guanidine groups is 1. The third-order valence-electron chi connectivity index (χ3n) is 4.58. The number of nitrogens with zero attached hydrogens (tertiary/aromatic N) is 3. The van der Waals surface area contributed by atoms with Gasteiger partial charge in [-0.25, -0.2) is 4.68 Å². The molecule has 3 rings (SSSR count). The molecular weight excluding hydrogens is 355 g/mol. The lowest BCUT2D eigenvalue weighted by Gasteiger charge is -2.17. The lowest BCUT2D eigenvalue weighted by molar-refractivity contribution is -0.138. The van der Waals surface area contributed by atoms with Gasteiger partial charge in [-0.1, -0.05) is 6.07 Å². The molecule has 0 spiro atoms. The molecule has 8 heteroatoms. The summed E-state index contributed by atoms with van der Waals surface area (Å²) in [6.07, 6.45) is -2.07. The van der Waals surface area contributed by atoms with Crippen molar-refractivity contribution in [3.05, 3.63) is 46.8 Å². The molecule has 1 saturated carbocycles. The minimum Gasteiger partial charge on any atom is -0.356 e. The van der Waals surface area contributed by atoms with E-state index >= 15 is 0 Å². The fourth-order valence-electron chi connectivity index (χ4n) is 2.97. The van der Waals surface area contributed by atoms with Crippen LogP contribution in [0.5, 0.6) is 0 Å². The number of nitrogens with one attached hydrogen (secondary N) is 2. The van der Waals surface area contributed by atoms with E-state index in [4.69, 9.17) is 0 Å². The topological polar surface area (TPSA) is 54.2 Å². The van der Waals surface area contributed by atoms with Crippen molar-refractivity contribution in [3.8, 4) is 5.69 Å². The maximum Gasteiger partial charge on any atom is 0.416 e. The third-order valence-corrected chi connectivity index (χ3v) is 4.58. The summed E-state index contributed by atoms with van der Waals surface area (Å²) in [5.74, 6) is 1.16. The summed E-state index contributed by atoms with van der Waals surface area (Å²) in [4.78, 5) is 4.07. The van der Waals surface area contributed by atoms with Gasteiger partial charge in [0.15, 0.2) is 5.96 Å². The highest BCUT2D eigenvalue weighted by atomic mass is 19.4. The van der Waals surface area contributed by atoms with Gasteiger partial charge in [0.05, 0.1) is 16.9 Å². The Morgan fingerprint density at radius 2 is 1.96 bits per heavy atom. The number of halogens is 3. The van der Waals surface area contributed by atoms with Gasteiger partial charge in [0.2, 0.25) is 0 Å². The van der Waals surface area contributed by atoms with E-state index in [-0.39, 0.29) is 12.1 Å². The molecule has 0 saturated heterocycles. The van der Waals surface area contributed by atoms with Gasteiger partial charge < -0.3 is 10.6 Å². The maximum absolute atomic E-state index is 13.6. The Morgan fingerprint density at radius 3 is 2.52 bits per heavy atom. The minimum absolute atomic E-state index is 0.0383. The van der Waals surface area contributed by atoms with Crippen LogP contribution in [0.2, 0.25) is 0 Å². The minimum atomic E-state index is -4.45. The number of aromatic nitrogens is 2. The molecule has 0 amide bonds. The summed E-state index contributed by atoms with van der Waals surface area (Å²) in [6, 6.07) is 6.14. The van der Waals surface area contributed by atoms with Crippen LogP contribution in [0.4, 0.5) is 13.2 Å². The second-order valence-electron chi connectivity index (χ2n) is 6.93. The quantitative estimate of drug-likeness (QED) is 0.617. The summed E-state index contributed by atoms with van der Waals surface area (Å²) in [6.45, 7) is 4.46. The van der Waals surface area contributed by atoms with E-state index in [1.807, 2.05) is 19.9 Å². The summed E-state index contributed by atoms with van der Waals surface area (Å²) < 4.78 is 42.4. The smallest absolute Gasteiger partial charge is 0.356 e. The van der Waals surface area contributed by atoms with Gasteiger partial charge in [-0.05, 0) is 56.4 Å². The van der Waals surface area contributed by atoms with Gasteiger partial charge in [0, 0.05) is 25.8 Å². The number of aryl methyl sites for hydroxylation is 2. The Labute approximate surface area is 156 Å². The second-order valence-corrected chi connectivity index (χ2v) is 6.93. The standard InChI is InChI=1S/C19H24F3N5/c1-12-8-13(2)27(26-12)16-7-6-15(17(9-16)19(20,21)22)11-25-18(23-3)24-10-14-4-5-14/h6-9,14H,4-5,10-11H2,1-3H3,(H2,23,24,25). The first kappa shape index (κ1) is 19.3. The molecule has 1 fully saturated rings. The zero-order valence-electron chi connectivity index (χ0n) is 15.7. The number of rotatable bonds is 5. The van der Waals surface area contributed by atoms with Crippen LogP contribution < -0.4 is 10.6 Å². The van der Waals surface area contributed by atoms with Crippen molar-refractivity contribution in [2.75, 3.05) is 13.6 Å². The fraction of sp³-hybridized carbons (Fsp3) is 0.474. The molecule has 1 aromatic heterocycles. The van der Waals surface area contributed by atoms with Gasteiger partial charge in [0.1, 0.15) is 0 Å². The highest BCUT2D eigenvalue weighted by Crippen LogP contribution is 2.33. The average Bonchev–Trinajstić information content (AvgIpc) is 3.37. The van der Waals surface area contributed by atoms with Crippen LogP contribution in [0.3, 0.4) is 0 Å². The highest BCUT2D eigenvalue weighted by molar-refractivity contribution is 5.79. The molecule has 1 heterocycles. The van der Waals surface area contributed by atoms with Gasteiger partial charge >= 0.3 is 6.18 Å². The van der Waals surface area contributed by atoms with Crippen LogP contribution in [-0.4, -0.2) is 29.3 Å². The second kappa shape index (κ2) is 7.62. The maximum atomic E-state index is 13.6. The molecule has 0 aliphatic heterocycles.